The van der Waals surface area contributed by atoms with Gasteiger partial charge in [0.15, 0.2) is 0 Å². The van der Waals surface area contributed by atoms with Gasteiger partial charge in [-0.05, 0) is 40.7 Å². The summed E-state index contributed by atoms with van der Waals surface area (Å²) in [6.45, 7) is 7.08. The summed E-state index contributed by atoms with van der Waals surface area (Å²) in [6, 6.07) is 0.344. The zero-order chi connectivity index (χ0) is 15.3. The number of nitrogens with zero attached hydrogens (tertiary/aromatic N) is 2. The monoisotopic (exact) mass is 357 g/mol. The average molecular weight is 358 g/mol. The van der Waals surface area contributed by atoms with Gasteiger partial charge in [-0.25, -0.2) is 0 Å². The second kappa shape index (κ2) is 7.75. The standard InChI is InChI=1S/C16H28BrN3O/c1-4-18-15(16(2)8-6-5-7-9-16)14-13(17)12-19-20(14)10-11-21-3/h12,15,18H,4-11H2,1-3H3. The maximum absolute atomic E-state index is 5.22. The van der Waals surface area contributed by atoms with Crippen molar-refractivity contribution in [3.8, 4) is 0 Å². The van der Waals surface area contributed by atoms with Crippen LogP contribution in [0.2, 0.25) is 0 Å². The molecule has 2 rings (SSSR count). The highest BCUT2D eigenvalue weighted by atomic mass is 79.9. The highest BCUT2D eigenvalue weighted by molar-refractivity contribution is 9.10. The Morgan fingerprint density at radius 1 is 1.43 bits per heavy atom. The summed E-state index contributed by atoms with van der Waals surface area (Å²) in [5.74, 6) is 0. The van der Waals surface area contributed by atoms with Crippen molar-refractivity contribution < 1.29 is 4.74 Å². The number of ether oxygens (including phenoxy) is 1. The topological polar surface area (TPSA) is 39.1 Å². The number of methoxy groups -OCH3 is 1. The minimum absolute atomic E-state index is 0.307. The van der Waals surface area contributed by atoms with Gasteiger partial charge >= 0.3 is 0 Å². The minimum Gasteiger partial charge on any atom is -0.383 e. The molecule has 1 aromatic heterocycles. The van der Waals surface area contributed by atoms with E-state index in [2.05, 4.69) is 44.9 Å². The third kappa shape index (κ3) is 3.88. The SMILES string of the molecule is CCNC(c1c(Br)cnn1CCOC)C1(C)CCCCC1. The second-order valence-electron chi connectivity index (χ2n) is 6.30. The number of nitrogens with one attached hydrogen (secondary N) is 1. The predicted octanol–water partition coefficient (Wildman–Crippen LogP) is 3.91. The van der Waals surface area contributed by atoms with E-state index < -0.39 is 0 Å². The zero-order valence-corrected chi connectivity index (χ0v) is 15.1. The number of aromatic nitrogens is 2. The summed E-state index contributed by atoms with van der Waals surface area (Å²) in [7, 11) is 1.74. The van der Waals surface area contributed by atoms with Crippen LogP contribution in [-0.2, 0) is 11.3 Å². The van der Waals surface area contributed by atoms with Crippen LogP contribution in [0, 0.1) is 5.41 Å². The smallest absolute Gasteiger partial charge is 0.0702 e. The molecule has 1 heterocycles. The first kappa shape index (κ1) is 17.0. The van der Waals surface area contributed by atoms with Crippen LogP contribution in [0.3, 0.4) is 0 Å². The highest BCUT2D eigenvalue weighted by Crippen LogP contribution is 2.47. The van der Waals surface area contributed by atoms with Crippen LogP contribution < -0.4 is 5.32 Å². The van der Waals surface area contributed by atoms with Gasteiger partial charge in [0.1, 0.15) is 0 Å². The molecule has 0 aromatic carbocycles. The first-order chi connectivity index (χ1) is 10.1. The lowest BCUT2D eigenvalue weighted by Gasteiger charge is -2.41. The van der Waals surface area contributed by atoms with Gasteiger partial charge in [0.2, 0.25) is 0 Å². The van der Waals surface area contributed by atoms with Crippen LogP contribution in [0.4, 0.5) is 0 Å². The van der Waals surface area contributed by atoms with Crippen molar-refractivity contribution in [1.82, 2.24) is 15.1 Å². The number of hydrogen-bond donors (Lipinski definition) is 1. The molecule has 5 heteroatoms. The molecule has 4 nitrogen and oxygen atoms in total. The van der Waals surface area contributed by atoms with Crippen LogP contribution in [0.1, 0.15) is 57.7 Å². The van der Waals surface area contributed by atoms with Gasteiger partial charge in [-0.3, -0.25) is 4.68 Å². The predicted molar refractivity (Wildman–Crippen MR) is 89.4 cm³/mol. The molecule has 0 aliphatic heterocycles. The third-order valence-electron chi connectivity index (χ3n) is 4.71. The number of rotatable bonds is 7. The van der Waals surface area contributed by atoms with Crippen molar-refractivity contribution in [2.45, 2.75) is 58.5 Å². The van der Waals surface area contributed by atoms with Crippen LogP contribution in [0.15, 0.2) is 10.7 Å². The molecule has 1 N–H and O–H groups in total. The summed E-state index contributed by atoms with van der Waals surface area (Å²) in [5, 5.41) is 8.25. The van der Waals surface area contributed by atoms with Gasteiger partial charge in [-0.1, -0.05) is 33.1 Å². The van der Waals surface area contributed by atoms with Crippen molar-refractivity contribution in [2.24, 2.45) is 5.41 Å². The van der Waals surface area contributed by atoms with Gasteiger partial charge < -0.3 is 10.1 Å². The van der Waals surface area contributed by atoms with Crippen molar-refractivity contribution in [2.75, 3.05) is 20.3 Å². The minimum atomic E-state index is 0.307. The van der Waals surface area contributed by atoms with E-state index in [0.717, 1.165) is 17.6 Å². The van der Waals surface area contributed by atoms with Gasteiger partial charge in [-0.2, -0.15) is 5.10 Å². The van der Waals surface area contributed by atoms with Gasteiger partial charge in [-0.15, -0.1) is 0 Å². The summed E-state index contributed by atoms with van der Waals surface area (Å²) >= 11 is 3.71. The average Bonchev–Trinajstić information content (AvgIpc) is 2.84. The van der Waals surface area contributed by atoms with Crippen LogP contribution in [0.5, 0.6) is 0 Å². The van der Waals surface area contributed by atoms with E-state index in [1.165, 1.54) is 37.8 Å². The molecule has 1 aliphatic rings. The number of hydrogen-bond acceptors (Lipinski definition) is 3. The van der Waals surface area contributed by atoms with E-state index in [1.54, 1.807) is 7.11 Å². The maximum atomic E-state index is 5.22. The fraction of sp³-hybridized carbons (Fsp3) is 0.812. The lowest BCUT2D eigenvalue weighted by molar-refractivity contribution is 0.134. The van der Waals surface area contributed by atoms with E-state index in [1.807, 2.05) is 6.20 Å². The lowest BCUT2D eigenvalue weighted by atomic mass is 9.69. The van der Waals surface area contributed by atoms with Crippen LogP contribution in [0.25, 0.3) is 0 Å². The summed E-state index contributed by atoms with van der Waals surface area (Å²) in [5.41, 5.74) is 1.58. The molecule has 1 fully saturated rings. The van der Waals surface area contributed by atoms with Crippen LogP contribution in [-0.4, -0.2) is 30.0 Å². The molecule has 0 spiro atoms. The summed E-state index contributed by atoms with van der Waals surface area (Å²) < 4.78 is 8.43. The molecular weight excluding hydrogens is 330 g/mol. The summed E-state index contributed by atoms with van der Waals surface area (Å²) in [4.78, 5) is 0. The first-order valence-corrected chi connectivity index (χ1v) is 8.85. The van der Waals surface area contributed by atoms with E-state index >= 15 is 0 Å². The largest absolute Gasteiger partial charge is 0.383 e. The van der Waals surface area contributed by atoms with Crippen molar-refractivity contribution in [3.05, 3.63) is 16.4 Å². The van der Waals surface area contributed by atoms with Gasteiger partial charge in [0.25, 0.3) is 0 Å². The molecule has 1 saturated carbocycles. The molecule has 1 aromatic rings. The van der Waals surface area contributed by atoms with Gasteiger partial charge in [0, 0.05) is 7.11 Å². The Morgan fingerprint density at radius 2 is 2.14 bits per heavy atom. The molecule has 0 amide bonds. The molecular formula is C16H28BrN3O. The molecule has 1 unspecified atom stereocenters. The Labute approximate surface area is 136 Å². The second-order valence-corrected chi connectivity index (χ2v) is 7.15. The summed E-state index contributed by atoms with van der Waals surface area (Å²) in [6.07, 6.45) is 8.53. The van der Waals surface area contributed by atoms with Gasteiger partial charge in [0.05, 0.1) is 35.6 Å². The third-order valence-corrected chi connectivity index (χ3v) is 5.33. The fourth-order valence-corrected chi connectivity index (χ4v) is 4.07. The molecule has 1 atom stereocenters. The van der Waals surface area contributed by atoms with Crippen molar-refractivity contribution in [1.29, 1.82) is 0 Å². The first-order valence-electron chi connectivity index (χ1n) is 8.06. The highest BCUT2D eigenvalue weighted by Gasteiger charge is 2.38. The Morgan fingerprint density at radius 3 is 2.76 bits per heavy atom. The Hall–Kier alpha value is -0.390. The molecule has 120 valence electrons. The fourth-order valence-electron chi connectivity index (χ4n) is 3.54. The van der Waals surface area contributed by atoms with Crippen molar-refractivity contribution in [3.63, 3.8) is 0 Å². The van der Waals surface area contributed by atoms with E-state index in [9.17, 15) is 0 Å². The van der Waals surface area contributed by atoms with E-state index in [0.29, 0.717) is 18.1 Å². The Balaban J connectivity index is 2.30. The van der Waals surface area contributed by atoms with E-state index in [4.69, 9.17) is 4.74 Å². The molecule has 0 bridgehead atoms. The molecule has 0 radical (unpaired) electrons. The quantitative estimate of drug-likeness (QED) is 0.803. The Kier molecular flexibility index (Phi) is 6.26. The lowest BCUT2D eigenvalue weighted by Crippen LogP contribution is -2.39. The maximum Gasteiger partial charge on any atom is 0.0702 e. The van der Waals surface area contributed by atoms with Crippen molar-refractivity contribution >= 4 is 15.9 Å². The van der Waals surface area contributed by atoms with E-state index in [-0.39, 0.29) is 0 Å². The van der Waals surface area contributed by atoms with Crippen LogP contribution >= 0.6 is 15.9 Å². The molecule has 21 heavy (non-hydrogen) atoms. The Bertz CT molecular complexity index is 441. The molecule has 1 aliphatic carbocycles. The number of halogens is 1. The molecule has 0 saturated heterocycles. The zero-order valence-electron chi connectivity index (χ0n) is 13.5. The normalized spacial score (nSPS) is 19.6.